The van der Waals surface area contributed by atoms with Gasteiger partial charge in [-0.05, 0) is 19.3 Å². The molecule has 0 bridgehead atoms. The van der Waals surface area contributed by atoms with Crippen LogP contribution in [0.1, 0.15) is 60.6 Å². The third kappa shape index (κ3) is 4.76. The first-order valence-corrected chi connectivity index (χ1v) is 9.32. The van der Waals surface area contributed by atoms with Crippen molar-refractivity contribution in [3.8, 4) is 0 Å². The van der Waals surface area contributed by atoms with Gasteiger partial charge in [-0.3, -0.25) is 19.6 Å². The van der Waals surface area contributed by atoms with Crippen molar-refractivity contribution in [2.75, 3.05) is 13.1 Å². The number of primary amides is 1. The highest BCUT2D eigenvalue weighted by Crippen LogP contribution is 2.35. The molecule has 1 aliphatic rings. The van der Waals surface area contributed by atoms with Crippen LogP contribution in [0.3, 0.4) is 0 Å². The van der Waals surface area contributed by atoms with Crippen LogP contribution < -0.4 is 5.73 Å². The largest absolute Gasteiger partial charge is 0.364 e. The number of hydrogen-bond donors (Lipinski definition) is 2. The van der Waals surface area contributed by atoms with Crippen molar-refractivity contribution in [1.82, 2.24) is 14.9 Å². The summed E-state index contributed by atoms with van der Waals surface area (Å²) >= 11 is 1.32. The summed E-state index contributed by atoms with van der Waals surface area (Å²) in [5.41, 5.74) is 5.46. The highest BCUT2D eigenvalue weighted by Gasteiger charge is 2.36. The monoisotopic (exact) mass is 368 g/mol. The molecular formula is C16H24N4O4S. The number of nitrogens with two attached hydrogens (primary N) is 1. The number of carbonyl (C=O) groups excluding carboxylic acids is 3. The molecule has 1 aliphatic heterocycles. The molecule has 138 valence electrons. The lowest BCUT2D eigenvalue weighted by atomic mass is 10.00. The minimum Gasteiger partial charge on any atom is -0.364 e. The van der Waals surface area contributed by atoms with Gasteiger partial charge in [0.1, 0.15) is 10.7 Å². The van der Waals surface area contributed by atoms with E-state index in [1.807, 2.05) is 6.92 Å². The smallest absolute Gasteiger partial charge is 0.268 e. The van der Waals surface area contributed by atoms with E-state index in [-0.39, 0.29) is 24.2 Å². The van der Waals surface area contributed by atoms with Crippen molar-refractivity contribution in [1.29, 1.82) is 0 Å². The average molecular weight is 368 g/mol. The van der Waals surface area contributed by atoms with Gasteiger partial charge in [0.15, 0.2) is 0 Å². The number of amides is 3. The van der Waals surface area contributed by atoms with Gasteiger partial charge in [-0.15, -0.1) is 11.3 Å². The van der Waals surface area contributed by atoms with Crippen LogP contribution in [0, 0.1) is 5.92 Å². The van der Waals surface area contributed by atoms with Crippen LogP contribution in [0.2, 0.25) is 0 Å². The zero-order valence-corrected chi connectivity index (χ0v) is 15.1. The summed E-state index contributed by atoms with van der Waals surface area (Å²) in [6.07, 6.45) is 4.30. The Kier molecular flexibility index (Phi) is 6.89. The zero-order valence-electron chi connectivity index (χ0n) is 14.3. The molecule has 0 unspecified atom stereocenters. The number of thiazole rings is 1. The SMILES string of the molecule is CCCC[C@H](CN(O)C=O)C(=O)N1CCC[C@H]1c1nc(C(N)=O)cs1. The molecular weight excluding hydrogens is 344 g/mol. The first kappa shape index (κ1) is 19.3. The Morgan fingerprint density at radius 1 is 1.60 bits per heavy atom. The third-order valence-corrected chi connectivity index (χ3v) is 5.33. The Hall–Kier alpha value is -2.00. The normalized spacial score (nSPS) is 18.2. The molecule has 2 rings (SSSR count). The summed E-state index contributed by atoms with van der Waals surface area (Å²) in [4.78, 5) is 40.9. The first-order chi connectivity index (χ1) is 12.0. The van der Waals surface area contributed by atoms with E-state index >= 15 is 0 Å². The maximum Gasteiger partial charge on any atom is 0.268 e. The summed E-state index contributed by atoms with van der Waals surface area (Å²) in [7, 11) is 0. The predicted octanol–water partition coefficient (Wildman–Crippen LogP) is 1.56. The Morgan fingerprint density at radius 3 is 2.96 bits per heavy atom. The molecule has 1 aromatic rings. The van der Waals surface area contributed by atoms with E-state index < -0.39 is 11.8 Å². The highest BCUT2D eigenvalue weighted by molar-refractivity contribution is 7.09. The van der Waals surface area contributed by atoms with Crippen LogP contribution in [0.5, 0.6) is 0 Å². The summed E-state index contributed by atoms with van der Waals surface area (Å²) in [5, 5.41) is 12.3. The van der Waals surface area contributed by atoms with E-state index in [0.717, 1.165) is 25.7 Å². The Labute approximate surface area is 150 Å². The van der Waals surface area contributed by atoms with Crippen molar-refractivity contribution >= 4 is 29.6 Å². The van der Waals surface area contributed by atoms with Gasteiger partial charge in [-0.25, -0.2) is 10.0 Å². The van der Waals surface area contributed by atoms with Crippen molar-refractivity contribution in [2.24, 2.45) is 11.7 Å². The van der Waals surface area contributed by atoms with Gasteiger partial charge < -0.3 is 10.6 Å². The Balaban J connectivity index is 2.15. The molecule has 0 spiro atoms. The van der Waals surface area contributed by atoms with E-state index in [1.165, 1.54) is 11.3 Å². The topological polar surface area (TPSA) is 117 Å². The number of unbranched alkanes of at least 4 members (excludes halogenated alkanes) is 1. The van der Waals surface area contributed by atoms with Crippen molar-refractivity contribution in [3.05, 3.63) is 16.1 Å². The molecule has 0 aromatic carbocycles. The summed E-state index contributed by atoms with van der Waals surface area (Å²) in [6, 6.07) is -0.182. The fourth-order valence-corrected chi connectivity index (χ4v) is 4.04. The van der Waals surface area contributed by atoms with Gasteiger partial charge in [0, 0.05) is 11.9 Å². The average Bonchev–Trinajstić information content (AvgIpc) is 3.26. The van der Waals surface area contributed by atoms with Gasteiger partial charge in [-0.2, -0.15) is 0 Å². The van der Waals surface area contributed by atoms with Crippen molar-refractivity contribution in [2.45, 2.75) is 45.1 Å². The fourth-order valence-electron chi connectivity index (χ4n) is 3.09. The highest BCUT2D eigenvalue weighted by atomic mass is 32.1. The maximum atomic E-state index is 13.0. The van der Waals surface area contributed by atoms with Gasteiger partial charge >= 0.3 is 0 Å². The van der Waals surface area contributed by atoms with Crippen molar-refractivity contribution in [3.63, 3.8) is 0 Å². The number of carbonyl (C=O) groups is 3. The molecule has 0 aliphatic carbocycles. The summed E-state index contributed by atoms with van der Waals surface area (Å²) in [6.45, 7) is 2.61. The van der Waals surface area contributed by atoms with Gasteiger partial charge in [0.2, 0.25) is 12.3 Å². The molecule has 9 heteroatoms. The van der Waals surface area contributed by atoms with E-state index in [9.17, 15) is 19.6 Å². The molecule has 2 heterocycles. The predicted molar refractivity (Wildman–Crippen MR) is 91.9 cm³/mol. The van der Waals surface area contributed by atoms with Crippen LogP contribution in [0.15, 0.2) is 5.38 Å². The molecule has 0 saturated carbocycles. The van der Waals surface area contributed by atoms with E-state index in [4.69, 9.17) is 5.73 Å². The lowest BCUT2D eigenvalue weighted by Gasteiger charge is -2.28. The Morgan fingerprint density at radius 2 is 2.36 bits per heavy atom. The van der Waals surface area contributed by atoms with Gasteiger partial charge in [0.25, 0.3) is 5.91 Å². The van der Waals surface area contributed by atoms with Crippen LogP contribution in [-0.4, -0.2) is 51.5 Å². The zero-order chi connectivity index (χ0) is 18.4. The second-order valence-corrected chi connectivity index (χ2v) is 7.08. The number of hydroxylamine groups is 2. The third-order valence-electron chi connectivity index (χ3n) is 4.38. The molecule has 3 amide bonds. The number of likely N-dealkylation sites (tertiary alicyclic amines) is 1. The van der Waals surface area contributed by atoms with Gasteiger partial charge in [-0.1, -0.05) is 19.8 Å². The van der Waals surface area contributed by atoms with Crippen molar-refractivity contribution < 1.29 is 19.6 Å². The quantitative estimate of drug-likeness (QED) is 0.390. The molecule has 1 fully saturated rings. The van der Waals surface area contributed by atoms with Crippen LogP contribution in [0.4, 0.5) is 0 Å². The summed E-state index contributed by atoms with van der Waals surface area (Å²) in [5.74, 6) is -1.12. The summed E-state index contributed by atoms with van der Waals surface area (Å²) < 4.78 is 0. The Bertz CT molecular complexity index is 621. The molecule has 1 saturated heterocycles. The maximum absolute atomic E-state index is 13.0. The lowest BCUT2D eigenvalue weighted by Crippen LogP contribution is -2.40. The first-order valence-electron chi connectivity index (χ1n) is 8.44. The lowest BCUT2D eigenvalue weighted by molar-refractivity contribution is -0.157. The molecule has 8 nitrogen and oxygen atoms in total. The molecule has 2 atom stereocenters. The molecule has 0 radical (unpaired) electrons. The van der Waals surface area contributed by atoms with Crippen LogP contribution in [0.25, 0.3) is 0 Å². The van der Waals surface area contributed by atoms with Crippen LogP contribution in [-0.2, 0) is 9.59 Å². The number of nitrogens with zero attached hydrogens (tertiary/aromatic N) is 3. The second-order valence-electron chi connectivity index (χ2n) is 6.19. The minimum atomic E-state index is -0.582. The second kappa shape index (κ2) is 8.91. The minimum absolute atomic E-state index is 0.0179. The number of rotatable bonds is 9. The molecule has 3 N–H and O–H groups in total. The van der Waals surface area contributed by atoms with E-state index in [1.54, 1.807) is 10.3 Å². The number of aromatic nitrogens is 1. The fraction of sp³-hybridized carbons (Fsp3) is 0.625. The van der Waals surface area contributed by atoms with E-state index in [2.05, 4.69) is 4.98 Å². The number of hydrogen-bond acceptors (Lipinski definition) is 6. The van der Waals surface area contributed by atoms with E-state index in [0.29, 0.717) is 29.4 Å². The molecule has 1 aromatic heterocycles. The standard InChI is InChI=1S/C16H24N4O4S/c1-2-3-5-11(8-19(24)10-21)16(23)20-7-4-6-13(20)15-18-12(9-25-15)14(17)22/h9-11,13,24H,2-8H2,1H3,(H2,17,22)/t11-,13+/m1/s1. The molecule has 25 heavy (non-hydrogen) atoms. The van der Waals surface area contributed by atoms with Crippen LogP contribution >= 0.6 is 11.3 Å². The van der Waals surface area contributed by atoms with Gasteiger partial charge in [0.05, 0.1) is 18.5 Å².